The van der Waals surface area contributed by atoms with Crippen molar-refractivity contribution in [1.29, 1.82) is 0 Å². The number of benzene rings is 1. The van der Waals surface area contributed by atoms with E-state index in [0.717, 1.165) is 17.9 Å². The predicted octanol–water partition coefficient (Wildman–Crippen LogP) is 2.24. The van der Waals surface area contributed by atoms with Crippen LogP contribution < -0.4 is 5.32 Å². The highest BCUT2D eigenvalue weighted by atomic mass is 32.2. The fourth-order valence-electron chi connectivity index (χ4n) is 1.79. The van der Waals surface area contributed by atoms with Crippen LogP contribution >= 0.6 is 11.8 Å². The lowest BCUT2D eigenvalue weighted by Gasteiger charge is -2.02. The maximum atomic E-state index is 4.19. The molecule has 94 valence electrons. The average molecular weight is 260 g/mol. The Kier molecular flexibility index (Phi) is 3.34. The van der Waals surface area contributed by atoms with Crippen LogP contribution in [0.25, 0.3) is 5.69 Å². The van der Waals surface area contributed by atoms with Gasteiger partial charge in [-0.25, -0.2) is 4.68 Å². The molecule has 0 spiro atoms. The second-order valence-electron chi connectivity index (χ2n) is 4.51. The van der Waals surface area contributed by atoms with E-state index in [0.29, 0.717) is 6.04 Å². The Morgan fingerprint density at radius 1 is 1.44 bits per heavy atom. The van der Waals surface area contributed by atoms with Crippen LogP contribution in [0.15, 0.2) is 35.4 Å². The zero-order valence-electron chi connectivity index (χ0n) is 10.3. The van der Waals surface area contributed by atoms with Crippen molar-refractivity contribution in [2.45, 2.75) is 30.3 Å². The summed E-state index contributed by atoms with van der Waals surface area (Å²) in [6, 6.07) is 9.02. The highest BCUT2D eigenvalue weighted by molar-refractivity contribution is 7.98. The lowest BCUT2D eigenvalue weighted by molar-refractivity contribution is 0.671. The Morgan fingerprint density at radius 2 is 2.33 bits per heavy atom. The Bertz CT molecular complexity index is 533. The number of hydrogen-bond acceptors (Lipinski definition) is 4. The molecule has 0 radical (unpaired) electrons. The zero-order chi connectivity index (χ0) is 12.4. The van der Waals surface area contributed by atoms with Gasteiger partial charge in [0.25, 0.3) is 0 Å². The van der Waals surface area contributed by atoms with E-state index in [4.69, 9.17) is 0 Å². The average Bonchev–Trinajstić information content (AvgIpc) is 3.13. The van der Waals surface area contributed by atoms with Crippen LogP contribution in [-0.2, 0) is 6.54 Å². The van der Waals surface area contributed by atoms with Crippen molar-refractivity contribution in [2.75, 3.05) is 6.26 Å². The van der Waals surface area contributed by atoms with Gasteiger partial charge in [0.1, 0.15) is 0 Å². The molecule has 1 aliphatic rings. The molecule has 1 heterocycles. The summed E-state index contributed by atoms with van der Waals surface area (Å²) < 4.78 is 1.84. The molecular formula is C13H16N4S. The van der Waals surface area contributed by atoms with E-state index in [-0.39, 0.29) is 0 Å². The maximum absolute atomic E-state index is 4.19. The standard InChI is InChI=1S/C13H16N4S/c1-18-13-4-2-3-12(7-13)17-9-11(15-16-17)8-14-10-5-6-10/h2-4,7,9-10,14H,5-6,8H2,1H3. The first-order valence-electron chi connectivity index (χ1n) is 6.14. The molecule has 0 amide bonds. The minimum absolute atomic E-state index is 0.704. The van der Waals surface area contributed by atoms with E-state index in [1.54, 1.807) is 11.8 Å². The summed E-state index contributed by atoms with van der Waals surface area (Å²) in [5.74, 6) is 0. The number of aromatic nitrogens is 3. The van der Waals surface area contributed by atoms with Crippen molar-refractivity contribution in [2.24, 2.45) is 0 Å². The van der Waals surface area contributed by atoms with Crippen molar-refractivity contribution in [3.05, 3.63) is 36.2 Å². The topological polar surface area (TPSA) is 42.7 Å². The summed E-state index contributed by atoms with van der Waals surface area (Å²) in [5.41, 5.74) is 2.06. The monoisotopic (exact) mass is 260 g/mol. The molecule has 0 atom stereocenters. The smallest absolute Gasteiger partial charge is 0.0969 e. The van der Waals surface area contributed by atoms with Gasteiger partial charge < -0.3 is 5.32 Å². The lowest BCUT2D eigenvalue weighted by Crippen LogP contribution is -2.15. The van der Waals surface area contributed by atoms with Gasteiger partial charge in [-0.1, -0.05) is 11.3 Å². The first kappa shape index (κ1) is 11.7. The third-order valence-electron chi connectivity index (χ3n) is 3.01. The molecule has 18 heavy (non-hydrogen) atoms. The molecule has 0 aliphatic heterocycles. The maximum Gasteiger partial charge on any atom is 0.0969 e. The fourth-order valence-corrected chi connectivity index (χ4v) is 2.25. The van der Waals surface area contributed by atoms with Crippen LogP contribution in [0.4, 0.5) is 0 Å². The first-order chi connectivity index (χ1) is 8.85. The minimum Gasteiger partial charge on any atom is -0.308 e. The van der Waals surface area contributed by atoms with Crippen molar-refractivity contribution in [1.82, 2.24) is 20.3 Å². The van der Waals surface area contributed by atoms with Crippen LogP contribution in [0.2, 0.25) is 0 Å². The van der Waals surface area contributed by atoms with Gasteiger partial charge in [0.05, 0.1) is 17.6 Å². The minimum atomic E-state index is 0.704. The van der Waals surface area contributed by atoms with Crippen LogP contribution in [-0.4, -0.2) is 27.3 Å². The summed E-state index contributed by atoms with van der Waals surface area (Å²) in [6.07, 6.45) is 6.66. The third-order valence-corrected chi connectivity index (χ3v) is 3.73. The molecule has 0 bridgehead atoms. The first-order valence-corrected chi connectivity index (χ1v) is 7.36. The Hall–Kier alpha value is -1.33. The third kappa shape index (κ3) is 2.73. The highest BCUT2D eigenvalue weighted by Gasteiger charge is 2.20. The molecule has 1 aliphatic carbocycles. The van der Waals surface area contributed by atoms with Crippen molar-refractivity contribution < 1.29 is 0 Å². The van der Waals surface area contributed by atoms with Crippen molar-refractivity contribution >= 4 is 11.8 Å². The van der Waals surface area contributed by atoms with Gasteiger partial charge in [-0.2, -0.15) is 0 Å². The molecule has 2 aromatic rings. The molecule has 4 nitrogen and oxygen atoms in total. The SMILES string of the molecule is CSc1cccc(-n2cc(CNC3CC3)nn2)c1. The van der Waals surface area contributed by atoms with E-state index in [9.17, 15) is 0 Å². The summed E-state index contributed by atoms with van der Waals surface area (Å²) in [5, 5.41) is 11.8. The lowest BCUT2D eigenvalue weighted by atomic mass is 10.3. The second kappa shape index (κ2) is 5.12. The van der Waals surface area contributed by atoms with E-state index >= 15 is 0 Å². The molecule has 5 heteroatoms. The summed E-state index contributed by atoms with van der Waals surface area (Å²) in [6.45, 7) is 0.812. The van der Waals surface area contributed by atoms with Gasteiger partial charge in [-0.3, -0.25) is 0 Å². The van der Waals surface area contributed by atoms with E-state index in [2.05, 4.69) is 34.0 Å². The van der Waals surface area contributed by atoms with Crippen molar-refractivity contribution in [3.63, 3.8) is 0 Å². The molecule has 1 aromatic carbocycles. The molecule has 1 aromatic heterocycles. The van der Waals surface area contributed by atoms with Gasteiger partial charge >= 0.3 is 0 Å². The number of thioether (sulfide) groups is 1. The number of hydrogen-bond donors (Lipinski definition) is 1. The van der Waals surface area contributed by atoms with E-state index < -0.39 is 0 Å². The Labute approximate surface area is 111 Å². The number of nitrogens with zero attached hydrogens (tertiary/aromatic N) is 3. The summed E-state index contributed by atoms with van der Waals surface area (Å²) >= 11 is 1.73. The zero-order valence-corrected chi connectivity index (χ0v) is 11.2. The van der Waals surface area contributed by atoms with Gasteiger partial charge in [0.15, 0.2) is 0 Å². The van der Waals surface area contributed by atoms with Crippen LogP contribution in [0, 0.1) is 0 Å². The molecule has 0 unspecified atom stereocenters. The molecule has 1 saturated carbocycles. The Balaban J connectivity index is 1.74. The molecule has 0 saturated heterocycles. The van der Waals surface area contributed by atoms with Crippen LogP contribution in [0.3, 0.4) is 0 Å². The molecular weight excluding hydrogens is 244 g/mol. The van der Waals surface area contributed by atoms with Gasteiger partial charge in [-0.05, 0) is 37.3 Å². The quantitative estimate of drug-likeness (QED) is 0.837. The molecule has 1 fully saturated rings. The van der Waals surface area contributed by atoms with E-state index in [1.807, 2.05) is 23.0 Å². The Morgan fingerprint density at radius 3 is 3.11 bits per heavy atom. The van der Waals surface area contributed by atoms with Gasteiger partial charge in [-0.15, -0.1) is 16.9 Å². The fraction of sp³-hybridized carbons (Fsp3) is 0.385. The van der Waals surface area contributed by atoms with E-state index in [1.165, 1.54) is 17.7 Å². The number of nitrogens with one attached hydrogen (secondary N) is 1. The van der Waals surface area contributed by atoms with Crippen LogP contribution in [0.5, 0.6) is 0 Å². The van der Waals surface area contributed by atoms with Gasteiger partial charge in [0, 0.05) is 17.5 Å². The molecule has 1 N–H and O–H groups in total. The summed E-state index contributed by atoms with van der Waals surface area (Å²) in [4.78, 5) is 1.24. The number of rotatable bonds is 5. The van der Waals surface area contributed by atoms with Crippen LogP contribution in [0.1, 0.15) is 18.5 Å². The predicted molar refractivity (Wildman–Crippen MR) is 73.0 cm³/mol. The normalized spacial score (nSPS) is 14.9. The van der Waals surface area contributed by atoms with Crippen molar-refractivity contribution in [3.8, 4) is 5.69 Å². The summed E-state index contributed by atoms with van der Waals surface area (Å²) in [7, 11) is 0. The largest absolute Gasteiger partial charge is 0.308 e. The molecule has 3 rings (SSSR count). The highest BCUT2D eigenvalue weighted by Crippen LogP contribution is 2.20. The van der Waals surface area contributed by atoms with Gasteiger partial charge in [0.2, 0.25) is 0 Å². The second-order valence-corrected chi connectivity index (χ2v) is 5.39.